The third-order valence-electron chi connectivity index (χ3n) is 0. The molecule has 30 valence electrons. The molecule has 2 radical (unpaired) electrons. The van der Waals surface area contributed by atoms with Gasteiger partial charge < -0.3 is 9.59 Å². The minimum atomic E-state index is -3.13. The number of rotatable bonds is 0. The van der Waals surface area contributed by atoms with E-state index in [1.54, 1.807) is 0 Å². The first-order valence-corrected chi connectivity index (χ1v) is 1.95. The molecule has 3 nitrogen and oxygen atoms in total. The van der Waals surface area contributed by atoms with Gasteiger partial charge in [0.15, 0.2) is 0 Å². The summed E-state index contributed by atoms with van der Waals surface area (Å²) in [4.78, 5) is 14.3. The van der Waals surface area contributed by atoms with E-state index < -0.39 is 9.17 Å². The van der Waals surface area contributed by atoms with E-state index in [9.17, 15) is 0 Å². The molecule has 0 saturated carbocycles. The summed E-state index contributed by atoms with van der Waals surface area (Å²) in [6, 6.07) is 0. The van der Waals surface area contributed by atoms with Crippen molar-refractivity contribution in [3.8, 4) is 0 Å². The van der Waals surface area contributed by atoms with E-state index in [1.807, 2.05) is 0 Å². The Balaban J connectivity index is 0. The van der Waals surface area contributed by atoms with Crippen molar-refractivity contribution in [2.24, 2.45) is 0 Å². The maximum absolute atomic E-state index is 8.74. The van der Waals surface area contributed by atoms with Gasteiger partial charge in [-0.3, -0.25) is 4.46 Å². The molecule has 0 aliphatic heterocycles. The third-order valence-corrected chi connectivity index (χ3v) is 0. The second-order valence-electron chi connectivity index (χ2n) is 0.283. The van der Waals surface area contributed by atoms with Crippen LogP contribution in [0.25, 0.3) is 0 Å². The topological polar surface area (TPSA) is 57.5 Å². The molecule has 2 N–H and O–H groups in total. The van der Waals surface area contributed by atoms with E-state index in [4.69, 9.17) is 14.1 Å². The van der Waals surface area contributed by atoms with Gasteiger partial charge in [-0.2, -0.15) is 0 Å². The summed E-state index contributed by atoms with van der Waals surface area (Å²) in [6.07, 6.45) is 0. The predicted octanol–water partition coefficient (Wildman–Crippen LogP) is -1.99. The van der Waals surface area contributed by atoms with E-state index in [0.29, 0.717) is 0 Å². The van der Waals surface area contributed by atoms with Gasteiger partial charge in [0.1, 0.15) is 0 Å². The normalized spacial score (nSPS) is 4.80. The molecular weight excluding hydrogens is 204 g/mol. The van der Waals surface area contributed by atoms with Gasteiger partial charge in [-0.1, -0.05) is 0 Å². The van der Waals surface area contributed by atoms with Crippen LogP contribution in [0.5, 0.6) is 0 Å². The molecule has 0 aliphatic rings. The Morgan fingerprint density at radius 3 is 1.40 bits per heavy atom. The van der Waals surface area contributed by atoms with Gasteiger partial charge in [0.2, 0.25) is 0 Å². The van der Waals surface area contributed by atoms with Crippen molar-refractivity contribution in [3.63, 3.8) is 0 Å². The van der Waals surface area contributed by atoms with Gasteiger partial charge in [-0.15, -0.1) is 0 Å². The van der Waals surface area contributed by atoms with E-state index in [2.05, 4.69) is 0 Å². The van der Waals surface area contributed by atoms with Gasteiger partial charge in [-0.25, -0.2) is 0 Å². The average Bonchev–Trinajstić information content (AvgIpc) is 0.811. The molecule has 0 aliphatic carbocycles. The quantitative estimate of drug-likeness (QED) is 0.450. The largest absolute Gasteiger partial charge is 0.761 e. The molecule has 0 aromatic rings. The van der Waals surface area contributed by atoms with E-state index in [-0.39, 0.29) is 23.7 Å². The maximum atomic E-state index is 8.74. The second kappa shape index (κ2) is 4.41. The predicted molar refractivity (Wildman–Crippen MR) is 16.6 cm³/mol. The van der Waals surface area contributed by atoms with Crippen LogP contribution in [-0.2, 0) is 4.46 Å². The molecule has 5 heavy (non-hydrogen) atoms. The zero-order valence-electron chi connectivity index (χ0n) is 2.21. The van der Waals surface area contributed by atoms with Crippen LogP contribution >= 0.6 is 0 Å². The Morgan fingerprint density at radius 1 is 1.40 bits per heavy atom. The van der Waals surface area contributed by atoms with Crippen LogP contribution in [0.4, 0.5) is 0 Å². The van der Waals surface area contributed by atoms with E-state index in [1.165, 1.54) is 0 Å². The molecule has 0 rings (SSSR count). The minimum Gasteiger partial charge on any atom is -0.511 e. The van der Waals surface area contributed by atoms with Crippen molar-refractivity contribution in [2.45, 2.75) is 0 Å². The van der Waals surface area contributed by atoms with Gasteiger partial charge in [0.25, 0.3) is 0 Å². The summed E-state index contributed by atoms with van der Waals surface area (Å²) >= 11 is 0. The molecule has 0 aromatic heterocycles. The first kappa shape index (κ1) is 9.05. The summed E-state index contributed by atoms with van der Waals surface area (Å²) in [7, 11) is -3.13. The molecule has 0 atom stereocenters. The monoisotopic (exact) mass is 208 g/mol. The number of hydrogen-bond acceptors (Lipinski definition) is 1. The van der Waals surface area contributed by atoms with Crippen LogP contribution in [-0.4, -0.2) is 42.4 Å². The number of hydrogen-bond donors (Lipinski definition) is 2. The molecule has 0 heterocycles. The SMILES string of the molecule is O=[Si](O)O.[Te]. The standard InChI is InChI=1S/H2O3Si.Te/c1-4(2)3;/h1-2H;. The van der Waals surface area contributed by atoms with Gasteiger partial charge in [0.05, 0.1) is 0 Å². The summed E-state index contributed by atoms with van der Waals surface area (Å²) in [5.74, 6) is 0. The van der Waals surface area contributed by atoms with Gasteiger partial charge >= 0.3 is 9.17 Å². The zero-order chi connectivity index (χ0) is 3.58. The summed E-state index contributed by atoms with van der Waals surface area (Å²) in [5.41, 5.74) is 0. The van der Waals surface area contributed by atoms with Crippen molar-refractivity contribution in [2.75, 3.05) is 0 Å². The van der Waals surface area contributed by atoms with Crippen molar-refractivity contribution in [1.29, 1.82) is 0 Å². The molecule has 5 heteroatoms. The Bertz CT molecular complexity index is 29.9. The molecular formula is H2O3SiTe. The van der Waals surface area contributed by atoms with E-state index >= 15 is 0 Å². The molecule has 0 amide bonds. The molecule has 0 fully saturated rings. The van der Waals surface area contributed by atoms with Gasteiger partial charge in [0, 0.05) is 23.7 Å². The first-order valence-electron chi connectivity index (χ1n) is 0.651. The van der Waals surface area contributed by atoms with Crippen LogP contribution in [0, 0.1) is 0 Å². The molecule has 0 saturated heterocycles. The van der Waals surface area contributed by atoms with Crippen LogP contribution in [0.15, 0.2) is 0 Å². The fourth-order valence-electron chi connectivity index (χ4n) is 0. The van der Waals surface area contributed by atoms with Crippen molar-refractivity contribution in [1.82, 2.24) is 0 Å². The zero-order valence-corrected chi connectivity index (χ0v) is 5.54. The average molecular weight is 206 g/mol. The van der Waals surface area contributed by atoms with Crippen molar-refractivity contribution in [3.05, 3.63) is 0 Å². The summed E-state index contributed by atoms with van der Waals surface area (Å²) in [5, 5.41) is 0. The first-order chi connectivity index (χ1) is 1.73. The smallest absolute Gasteiger partial charge is 0.511 e. The Labute approximate surface area is 47.3 Å². The Hall–Kier alpha value is 0.406. The fraction of sp³-hybridized carbons (Fsp3) is 0. The third kappa shape index (κ3) is 154. The van der Waals surface area contributed by atoms with Crippen LogP contribution < -0.4 is 0 Å². The Kier molecular flexibility index (Phi) is 7.97. The van der Waals surface area contributed by atoms with Crippen LogP contribution in [0.2, 0.25) is 0 Å². The van der Waals surface area contributed by atoms with Crippen LogP contribution in [0.1, 0.15) is 0 Å². The minimum absolute atomic E-state index is 0. The Morgan fingerprint density at radius 2 is 1.40 bits per heavy atom. The molecule has 0 aromatic carbocycles. The summed E-state index contributed by atoms with van der Waals surface area (Å²) < 4.78 is 8.74. The van der Waals surface area contributed by atoms with Crippen molar-refractivity contribution < 1.29 is 14.1 Å². The van der Waals surface area contributed by atoms with Gasteiger partial charge in [-0.05, 0) is 0 Å². The van der Waals surface area contributed by atoms with E-state index in [0.717, 1.165) is 0 Å². The molecule has 0 spiro atoms. The maximum Gasteiger partial charge on any atom is 0.761 e. The van der Waals surface area contributed by atoms with Crippen molar-refractivity contribution >= 4 is 32.8 Å². The molecule has 0 unspecified atom stereocenters. The fourth-order valence-corrected chi connectivity index (χ4v) is 0. The van der Waals surface area contributed by atoms with Crippen LogP contribution in [0.3, 0.4) is 0 Å². The second-order valence-corrected chi connectivity index (χ2v) is 0.848. The summed E-state index contributed by atoms with van der Waals surface area (Å²) in [6.45, 7) is 0. The molecule has 0 bridgehead atoms.